The van der Waals surface area contributed by atoms with Crippen molar-refractivity contribution in [2.24, 2.45) is 12.8 Å². The first-order chi connectivity index (χ1) is 9.44. The molecule has 1 aromatic heterocycles. The number of hydrogen-bond acceptors (Lipinski definition) is 4. The first-order valence-corrected chi connectivity index (χ1v) is 7.26. The first-order valence-electron chi connectivity index (χ1n) is 7.26. The second-order valence-electron chi connectivity index (χ2n) is 5.82. The standard InChI is InChI=1S/C14H25N5O/c1-4-5-14(2,15)13(20)19-8-6-18(7-9-19)12-10-16-17(3)11-12/h10-11H,4-9,15H2,1-3H3. The molecule has 1 saturated heterocycles. The van der Waals surface area contributed by atoms with Gasteiger partial charge in [0.05, 0.1) is 17.4 Å². The van der Waals surface area contributed by atoms with Gasteiger partial charge in [-0.3, -0.25) is 9.48 Å². The van der Waals surface area contributed by atoms with Gasteiger partial charge in [-0.15, -0.1) is 0 Å². The molecule has 0 aromatic carbocycles. The summed E-state index contributed by atoms with van der Waals surface area (Å²) in [5.41, 5.74) is 6.52. The van der Waals surface area contributed by atoms with Crippen molar-refractivity contribution in [3.63, 3.8) is 0 Å². The minimum absolute atomic E-state index is 0.0742. The lowest BCUT2D eigenvalue weighted by Crippen LogP contribution is -2.58. The lowest BCUT2D eigenvalue weighted by atomic mass is 9.95. The van der Waals surface area contributed by atoms with Gasteiger partial charge in [0.1, 0.15) is 0 Å². The van der Waals surface area contributed by atoms with Crippen molar-refractivity contribution in [3.8, 4) is 0 Å². The fraction of sp³-hybridized carbons (Fsp3) is 0.714. The third-order valence-electron chi connectivity index (χ3n) is 3.88. The van der Waals surface area contributed by atoms with Crippen molar-refractivity contribution >= 4 is 11.6 Å². The van der Waals surface area contributed by atoms with Crippen LogP contribution < -0.4 is 10.6 Å². The molecule has 1 aromatic rings. The predicted octanol–water partition coefficient (Wildman–Crippen LogP) is 0.586. The molecule has 112 valence electrons. The van der Waals surface area contributed by atoms with Crippen molar-refractivity contribution in [2.45, 2.75) is 32.2 Å². The SMILES string of the molecule is CCCC(C)(N)C(=O)N1CCN(c2cnn(C)c2)CC1. The van der Waals surface area contributed by atoms with Crippen LogP contribution in [0, 0.1) is 0 Å². The van der Waals surface area contributed by atoms with E-state index in [1.54, 1.807) is 4.68 Å². The van der Waals surface area contributed by atoms with E-state index in [9.17, 15) is 4.79 Å². The number of carbonyl (C=O) groups is 1. The number of nitrogens with two attached hydrogens (primary N) is 1. The normalized spacial score (nSPS) is 19.0. The molecule has 0 aliphatic carbocycles. The average Bonchev–Trinajstić information content (AvgIpc) is 2.85. The summed E-state index contributed by atoms with van der Waals surface area (Å²) in [6.45, 7) is 7.01. The Hall–Kier alpha value is -1.56. The lowest BCUT2D eigenvalue weighted by Gasteiger charge is -2.38. The summed E-state index contributed by atoms with van der Waals surface area (Å²) in [7, 11) is 1.91. The van der Waals surface area contributed by atoms with Crippen molar-refractivity contribution in [3.05, 3.63) is 12.4 Å². The van der Waals surface area contributed by atoms with Crippen LogP contribution in [0.4, 0.5) is 5.69 Å². The minimum atomic E-state index is -0.731. The molecule has 1 unspecified atom stereocenters. The molecule has 6 nitrogen and oxygen atoms in total. The van der Waals surface area contributed by atoms with Crippen LogP contribution in [0.3, 0.4) is 0 Å². The summed E-state index contributed by atoms with van der Waals surface area (Å²) in [6, 6.07) is 0. The van der Waals surface area contributed by atoms with Gasteiger partial charge in [-0.05, 0) is 13.3 Å². The topological polar surface area (TPSA) is 67.4 Å². The molecule has 1 aliphatic rings. The van der Waals surface area contributed by atoms with E-state index in [1.165, 1.54) is 0 Å². The van der Waals surface area contributed by atoms with E-state index in [2.05, 4.69) is 16.9 Å². The van der Waals surface area contributed by atoms with Crippen molar-refractivity contribution in [2.75, 3.05) is 31.1 Å². The summed E-state index contributed by atoms with van der Waals surface area (Å²) in [5, 5.41) is 4.18. The summed E-state index contributed by atoms with van der Waals surface area (Å²) >= 11 is 0. The Morgan fingerprint density at radius 2 is 2.05 bits per heavy atom. The number of hydrogen-bond donors (Lipinski definition) is 1. The van der Waals surface area contributed by atoms with Crippen LogP contribution in [0.2, 0.25) is 0 Å². The largest absolute Gasteiger partial charge is 0.365 e. The van der Waals surface area contributed by atoms with E-state index < -0.39 is 5.54 Å². The molecule has 0 saturated carbocycles. The Morgan fingerprint density at radius 1 is 1.40 bits per heavy atom. The lowest BCUT2D eigenvalue weighted by molar-refractivity contribution is -0.137. The van der Waals surface area contributed by atoms with Crippen LogP contribution in [0.15, 0.2) is 12.4 Å². The van der Waals surface area contributed by atoms with Gasteiger partial charge in [0, 0.05) is 39.4 Å². The van der Waals surface area contributed by atoms with E-state index in [1.807, 2.05) is 31.3 Å². The zero-order chi connectivity index (χ0) is 14.8. The van der Waals surface area contributed by atoms with Gasteiger partial charge in [0.15, 0.2) is 0 Å². The minimum Gasteiger partial charge on any atom is -0.365 e. The number of amides is 1. The molecule has 1 fully saturated rings. The van der Waals surface area contributed by atoms with Crippen LogP contribution in [0.1, 0.15) is 26.7 Å². The number of nitrogens with zero attached hydrogens (tertiary/aromatic N) is 4. The van der Waals surface area contributed by atoms with Gasteiger partial charge < -0.3 is 15.5 Å². The zero-order valence-electron chi connectivity index (χ0n) is 12.7. The molecular formula is C14H25N5O. The number of aromatic nitrogens is 2. The molecule has 2 rings (SSSR count). The van der Waals surface area contributed by atoms with Crippen LogP contribution in [0.5, 0.6) is 0 Å². The highest BCUT2D eigenvalue weighted by Crippen LogP contribution is 2.18. The Kier molecular flexibility index (Phi) is 4.32. The molecular weight excluding hydrogens is 254 g/mol. The van der Waals surface area contributed by atoms with Crippen molar-refractivity contribution in [1.82, 2.24) is 14.7 Å². The summed E-state index contributed by atoms with van der Waals surface area (Å²) < 4.78 is 1.80. The average molecular weight is 279 g/mol. The number of rotatable bonds is 4. The molecule has 20 heavy (non-hydrogen) atoms. The molecule has 0 spiro atoms. The third kappa shape index (κ3) is 3.12. The number of carbonyl (C=O) groups excluding carboxylic acids is 1. The summed E-state index contributed by atoms with van der Waals surface area (Å²) in [6.07, 6.45) is 5.52. The first kappa shape index (κ1) is 14.8. The molecule has 2 heterocycles. The maximum absolute atomic E-state index is 12.4. The Bertz CT molecular complexity index is 460. The smallest absolute Gasteiger partial charge is 0.242 e. The van der Waals surface area contributed by atoms with Gasteiger partial charge in [-0.1, -0.05) is 13.3 Å². The van der Waals surface area contributed by atoms with Gasteiger partial charge in [0.25, 0.3) is 0 Å². The maximum Gasteiger partial charge on any atom is 0.242 e. The number of aryl methyl sites for hydroxylation is 1. The summed E-state index contributed by atoms with van der Waals surface area (Å²) in [5.74, 6) is 0.0742. The molecule has 1 aliphatic heterocycles. The van der Waals surface area contributed by atoms with Crippen molar-refractivity contribution in [1.29, 1.82) is 0 Å². The molecule has 0 radical (unpaired) electrons. The van der Waals surface area contributed by atoms with E-state index in [-0.39, 0.29) is 5.91 Å². The molecule has 0 bridgehead atoms. The highest BCUT2D eigenvalue weighted by atomic mass is 16.2. The van der Waals surface area contributed by atoms with Gasteiger partial charge >= 0.3 is 0 Å². The fourth-order valence-corrected chi connectivity index (χ4v) is 2.73. The van der Waals surface area contributed by atoms with Crippen LogP contribution in [-0.4, -0.2) is 52.3 Å². The summed E-state index contributed by atoms with van der Waals surface area (Å²) in [4.78, 5) is 16.6. The number of piperazine rings is 1. The van der Waals surface area contributed by atoms with Gasteiger partial charge in [-0.2, -0.15) is 5.10 Å². The van der Waals surface area contributed by atoms with Crippen LogP contribution >= 0.6 is 0 Å². The van der Waals surface area contributed by atoms with Gasteiger partial charge in [-0.25, -0.2) is 0 Å². The monoisotopic (exact) mass is 279 g/mol. The third-order valence-corrected chi connectivity index (χ3v) is 3.88. The van der Waals surface area contributed by atoms with Gasteiger partial charge in [0.2, 0.25) is 5.91 Å². The quantitative estimate of drug-likeness (QED) is 0.876. The Morgan fingerprint density at radius 3 is 2.55 bits per heavy atom. The second kappa shape index (κ2) is 5.83. The van der Waals surface area contributed by atoms with Crippen LogP contribution in [0.25, 0.3) is 0 Å². The van der Waals surface area contributed by atoms with E-state index >= 15 is 0 Å². The van der Waals surface area contributed by atoms with E-state index in [4.69, 9.17) is 5.73 Å². The van der Waals surface area contributed by atoms with E-state index in [0.717, 1.165) is 44.7 Å². The molecule has 2 N–H and O–H groups in total. The molecule has 1 atom stereocenters. The fourth-order valence-electron chi connectivity index (χ4n) is 2.73. The highest BCUT2D eigenvalue weighted by Gasteiger charge is 2.33. The Labute approximate surface area is 120 Å². The predicted molar refractivity (Wildman–Crippen MR) is 79.5 cm³/mol. The van der Waals surface area contributed by atoms with Crippen LogP contribution in [-0.2, 0) is 11.8 Å². The van der Waals surface area contributed by atoms with E-state index in [0.29, 0.717) is 0 Å². The molecule has 6 heteroatoms. The zero-order valence-corrected chi connectivity index (χ0v) is 12.7. The van der Waals surface area contributed by atoms with Crippen molar-refractivity contribution < 1.29 is 4.79 Å². The molecule has 1 amide bonds. The maximum atomic E-state index is 12.4. The highest BCUT2D eigenvalue weighted by molar-refractivity contribution is 5.85. The number of anilines is 1. The Balaban J connectivity index is 1.92. The second-order valence-corrected chi connectivity index (χ2v) is 5.82.